The van der Waals surface area contributed by atoms with Gasteiger partial charge in [0.05, 0.1) is 23.6 Å². The zero-order valence-electron chi connectivity index (χ0n) is 13.2. The molecule has 0 bridgehead atoms. The van der Waals surface area contributed by atoms with Crippen molar-refractivity contribution in [2.75, 3.05) is 33.7 Å². The van der Waals surface area contributed by atoms with E-state index in [-0.39, 0.29) is 17.9 Å². The van der Waals surface area contributed by atoms with Gasteiger partial charge in [0.15, 0.2) is 0 Å². The third-order valence-electron chi connectivity index (χ3n) is 3.91. The summed E-state index contributed by atoms with van der Waals surface area (Å²) >= 11 is 1.41. The van der Waals surface area contributed by atoms with E-state index < -0.39 is 6.10 Å². The lowest BCUT2D eigenvalue weighted by Gasteiger charge is -2.36. The Hall–Kier alpha value is -1.44. The quantitative estimate of drug-likeness (QED) is 0.836. The van der Waals surface area contributed by atoms with Crippen molar-refractivity contribution in [2.24, 2.45) is 0 Å². The van der Waals surface area contributed by atoms with Gasteiger partial charge in [0, 0.05) is 27.2 Å². The smallest absolute Gasteiger partial charge is 0.261 e. The Morgan fingerprint density at radius 1 is 1.50 bits per heavy atom. The van der Waals surface area contributed by atoms with Crippen LogP contribution in [0.2, 0.25) is 0 Å². The summed E-state index contributed by atoms with van der Waals surface area (Å²) in [5.41, 5.74) is 0.950. The largest absolute Gasteiger partial charge is 0.390 e. The topological polar surface area (TPSA) is 72.9 Å². The van der Waals surface area contributed by atoms with E-state index in [9.17, 15) is 14.7 Å². The molecule has 0 aliphatic carbocycles. The number of hydrogen-bond acceptors (Lipinski definition) is 5. The molecule has 0 saturated carbocycles. The molecule has 6 nitrogen and oxygen atoms in total. The number of thiophene rings is 1. The van der Waals surface area contributed by atoms with E-state index in [2.05, 4.69) is 5.32 Å². The number of carbonyl (C=O) groups excluding carboxylic acids is 2. The van der Waals surface area contributed by atoms with E-state index in [0.717, 1.165) is 5.56 Å². The van der Waals surface area contributed by atoms with Crippen LogP contribution in [0.5, 0.6) is 0 Å². The molecule has 2 atom stereocenters. The Bertz CT molecular complexity index is 544. The van der Waals surface area contributed by atoms with Gasteiger partial charge in [0.2, 0.25) is 5.91 Å². The van der Waals surface area contributed by atoms with Crippen molar-refractivity contribution >= 4 is 23.2 Å². The maximum absolute atomic E-state index is 12.2. The molecule has 1 fully saturated rings. The zero-order chi connectivity index (χ0) is 16.3. The van der Waals surface area contributed by atoms with E-state index in [4.69, 9.17) is 0 Å². The molecule has 0 radical (unpaired) electrons. The normalized spacial score (nSPS) is 22.4. The number of piperidine rings is 1. The summed E-state index contributed by atoms with van der Waals surface area (Å²) in [6.07, 6.45) is -0.0224. The van der Waals surface area contributed by atoms with Crippen LogP contribution in [0, 0.1) is 6.92 Å². The van der Waals surface area contributed by atoms with Gasteiger partial charge in [-0.3, -0.25) is 14.5 Å². The molecule has 0 aromatic carbocycles. The highest BCUT2D eigenvalue weighted by Crippen LogP contribution is 2.17. The van der Waals surface area contributed by atoms with Gasteiger partial charge in [-0.05, 0) is 30.4 Å². The van der Waals surface area contributed by atoms with Crippen molar-refractivity contribution in [1.82, 2.24) is 15.1 Å². The van der Waals surface area contributed by atoms with Crippen LogP contribution in [-0.4, -0.2) is 72.6 Å². The summed E-state index contributed by atoms with van der Waals surface area (Å²) in [5, 5.41) is 15.0. The monoisotopic (exact) mass is 325 g/mol. The Morgan fingerprint density at radius 3 is 2.77 bits per heavy atom. The van der Waals surface area contributed by atoms with Gasteiger partial charge in [0.1, 0.15) is 0 Å². The predicted molar refractivity (Wildman–Crippen MR) is 86.1 cm³/mol. The van der Waals surface area contributed by atoms with Crippen molar-refractivity contribution in [2.45, 2.75) is 25.5 Å². The highest BCUT2D eigenvalue weighted by Gasteiger charge is 2.30. The van der Waals surface area contributed by atoms with E-state index in [1.54, 1.807) is 19.0 Å². The molecule has 2 rings (SSSR count). The maximum atomic E-state index is 12.2. The van der Waals surface area contributed by atoms with Gasteiger partial charge in [-0.25, -0.2) is 0 Å². The Balaban J connectivity index is 1.87. The maximum Gasteiger partial charge on any atom is 0.261 e. The molecule has 0 unspecified atom stereocenters. The number of β-amino-alcohol motifs (C(OH)–C–C–N with tert-alkyl or cyclic N) is 1. The highest BCUT2D eigenvalue weighted by atomic mass is 32.1. The lowest BCUT2D eigenvalue weighted by molar-refractivity contribution is -0.130. The Morgan fingerprint density at radius 2 is 2.23 bits per heavy atom. The second-order valence-electron chi connectivity index (χ2n) is 5.89. The van der Waals surface area contributed by atoms with Crippen molar-refractivity contribution in [3.05, 3.63) is 21.9 Å². The average Bonchev–Trinajstić information content (AvgIpc) is 2.88. The van der Waals surface area contributed by atoms with Gasteiger partial charge >= 0.3 is 0 Å². The van der Waals surface area contributed by atoms with Crippen LogP contribution in [0.15, 0.2) is 11.4 Å². The number of likely N-dealkylation sites (N-methyl/N-ethyl adjacent to an activating group) is 1. The number of nitrogens with zero attached hydrogens (tertiary/aromatic N) is 2. The molecule has 7 heteroatoms. The molecule has 22 heavy (non-hydrogen) atoms. The number of nitrogens with one attached hydrogen (secondary N) is 1. The number of likely N-dealkylation sites (tertiary alicyclic amines) is 1. The second-order valence-corrected chi connectivity index (χ2v) is 6.81. The molecule has 2 amide bonds. The first-order valence-electron chi connectivity index (χ1n) is 7.34. The summed E-state index contributed by atoms with van der Waals surface area (Å²) in [4.78, 5) is 28.1. The molecule has 2 N–H and O–H groups in total. The number of hydrogen-bond donors (Lipinski definition) is 2. The van der Waals surface area contributed by atoms with Gasteiger partial charge in [-0.2, -0.15) is 0 Å². The lowest BCUT2D eigenvalue weighted by Crippen LogP contribution is -2.55. The third-order valence-corrected chi connectivity index (χ3v) is 4.92. The third kappa shape index (κ3) is 4.06. The van der Waals surface area contributed by atoms with Crippen LogP contribution in [0.25, 0.3) is 0 Å². The number of aliphatic hydroxyl groups is 1. The van der Waals surface area contributed by atoms with E-state index >= 15 is 0 Å². The summed E-state index contributed by atoms with van der Waals surface area (Å²) in [5.74, 6) is -0.113. The minimum atomic E-state index is -0.659. The first kappa shape index (κ1) is 16.9. The van der Waals surface area contributed by atoms with Crippen LogP contribution < -0.4 is 5.32 Å². The fourth-order valence-corrected chi connectivity index (χ4v) is 3.31. The number of amides is 2. The average molecular weight is 325 g/mol. The van der Waals surface area contributed by atoms with Crippen molar-refractivity contribution in [1.29, 1.82) is 0 Å². The van der Waals surface area contributed by atoms with Gasteiger partial charge in [-0.1, -0.05) is 0 Å². The molecule has 122 valence electrons. The fourth-order valence-electron chi connectivity index (χ4n) is 2.48. The molecule has 1 aromatic heterocycles. The minimum Gasteiger partial charge on any atom is -0.390 e. The SMILES string of the molecule is Cc1ccsc1C(=O)N[C@@H]1CCN(CC(=O)N(C)C)C[C@H]1O. The van der Waals surface area contributed by atoms with Gasteiger partial charge in [-0.15, -0.1) is 11.3 Å². The summed E-state index contributed by atoms with van der Waals surface area (Å²) in [6.45, 7) is 3.28. The predicted octanol–water partition coefficient (Wildman–Crippen LogP) is 0.310. The van der Waals surface area contributed by atoms with Gasteiger partial charge < -0.3 is 15.3 Å². The Kier molecular flexibility index (Phi) is 5.55. The molecule has 1 aromatic rings. The molecule has 1 aliphatic heterocycles. The summed E-state index contributed by atoms with van der Waals surface area (Å²) < 4.78 is 0. The van der Waals surface area contributed by atoms with Crippen molar-refractivity contribution in [3.63, 3.8) is 0 Å². The number of aliphatic hydroxyl groups excluding tert-OH is 1. The number of rotatable bonds is 4. The highest BCUT2D eigenvalue weighted by molar-refractivity contribution is 7.12. The lowest BCUT2D eigenvalue weighted by atomic mass is 10.0. The Labute approximate surface area is 134 Å². The fraction of sp³-hybridized carbons (Fsp3) is 0.600. The first-order chi connectivity index (χ1) is 10.4. The zero-order valence-corrected chi connectivity index (χ0v) is 14.0. The molecular weight excluding hydrogens is 302 g/mol. The molecule has 2 heterocycles. The number of carbonyl (C=O) groups is 2. The summed E-state index contributed by atoms with van der Waals surface area (Å²) in [7, 11) is 3.43. The standard InChI is InChI=1S/C15H23N3O3S/c1-10-5-7-22-14(10)15(21)16-11-4-6-18(8-12(11)19)9-13(20)17(2)3/h5,7,11-12,19H,4,6,8-9H2,1-3H3,(H,16,21)/t11-,12-/m1/s1. The van der Waals surface area contributed by atoms with Crippen LogP contribution in [0.4, 0.5) is 0 Å². The summed E-state index contributed by atoms with van der Waals surface area (Å²) in [6, 6.07) is 1.64. The molecule has 0 spiro atoms. The van der Waals surface area contributed by atoms with E-state index in [1.165, 1.54) is 11.3 Å². The van der Waals surface area contributed by atoms with Gasteiger partial charge in [0.25, 0.3) is 5.91 Å². The van der Waals surface area contributed by atoms with Crippen molar-refractivity contribution in [3.8, 4) is 0 Å². The van der Waals surface area contributed by atoms with Crippen LogP contribution >= 0.6 is 11.3 Å². The first-order valence-corrected chi connectivity index (χ1v) is 8.22. The number of aryl methyl sites for hydroxylation is 1. The van der Waals surface area contributed by atoms with Crippen LogP contribution in [-0.2, 0) is 4.79 Å². The second kappa shape index (κ2) is 7.21. The van der Waals surface area contributed by atoms with E-state index in [1.807, 2.05) is 23.3 Å². The van der Waals surface area contributed by atoms with Crippen molar-refractivity contribution < 1.29 is 14.7 Å². The minimum absolute atomic E-state index is 0.0175. The molecular formula is C15H23N3O3S. The molecule has 1 aliphatic rings. The van der Waals surface area contributed by atoms with Crippen LogP contribution in [0.3, 0.4) is 0 Å². The molecule has 1 saturated heterocycles. The van der Waals surface area contributed by atoms with E-state index in [0.29, 0.717) is 30.9 Å². The van der Waals surface area contributed by atoms with Crippen LogP contribution in [0.1, 0.15) is 21.7 Å².